The van der Waals surface area contributed by atoms with Crippen LogP contribution in [0.1, 0.15) is 30.7 Å². The first-order valence-electron chi connectivity index (χ1n) is 10.7. The molecular weight excluding hydrogens is 378 g/mol. The van der Waals surface area contributed by atoms with Crippen molar-refractivity contribution in [3.8, 4) is 5.69 Å². The number of likely N-dealkylation sites (tertiary alicyclic amines) is 2. The molecule has 0 saturated carbocycles. The number of piperidine rings is 2. The van der Waals surface area contributed by atoms with Crippen LogP contribution in [0.4, 0.5) is 0 Å². The normalized spacial score (nSPS) is 22.5. The Morgan fingerprint density at radius 2 is 1.93 bits per heavy atom. The highest BCUT2D eigenvalue weighted by molar-refractivity contribution is 5.33. The number of rotatable bonds is 5. The van der Waals surface area contributed by atoms with Gasteiger partial charge in [-0.15, -0.1) is 0 Å². The van der Waals surface area contributed by atoms with Crippen LogP contribution >= 0.6 is 0 Å². The second-order valence-electron chi connectivity index (χ2n) is 8.85. The van der Waals surface area contributed by atoms with Crippen LogP contribution in [0.25, 0.3) is 5.69 Å². The van der Waals surface area contributed by atoms with E-state index < -0.39 is 0 Å². The zero-order valence-electron chi connectivity index (χ0n) is 17.2. The zero-order valence-corrected chi connectivity index (χ0v) is 17.2. The smallest absolute Gasteiger partial charge is 0.138 e. The van der Waals surface area contributed by atoms with Crippen LogP contribution in [0, 0.1) is 5.41 Å². The summed E-state index contributed by atoms with van der Waals surface area (Å²) < 4.78 is 1.76. The quantitative estimate of drug-likeness (QED) is 0.671. The molecule has 1 aromatic carbocycles. The van der Waals surface area contributed by atoms with Crippen LogP contribution in [0.15, 0.2) is 49.3 Å². The molecule has 2 saturated heterocycles. The van der Waals surface area contributed by atoms with Gasteiger partial charge in [-0.1, -0.05) is 12.1 Å². The first-order chi connectivity index (χ1) is 14.7. The molecule has 2 N–H and O–H groups in total. The van der Waals surface area contributed by atoms with Gasteiger partial charge in [0.25, 0.3) is 0 Å². The molecule has 2 fully saturated rings. The molecule has 2 aliphatic heterocycles. The van der Waals surface area contributed by atoms with Crippen molar-refractivity contribution in [3.63, 3.8) is 0 Å². The SMILES string of the molecule is OC1CN(Cc2ccc(-n3cncn3)cc2)CC2(CCN(Cc3ncc[nH]3)CC2)C1. The standard InChI is InChI=1S/C22H29N7O/c30-20-11-22(5-9-27(10-6-22)14-21-24-7-8-25-21)15-28(13-20)12-18-1-3-19(4-2-18)29-17-23-16-26-29/h1-4,7-8,16-17,20,30H,5-6,9-15H2,(H,24,25). The average Bonchev–Trinajstić information content (AvgIpc) is 3.44. The number of benzene rings is 1. The van der Waals surface area contributed by atoms with Gasteiger partial charge in [0.1, 0.15) is 18.5 Å². The highest BCUT2D eigenvalue weighted by Crippen LogP contribution is 2.40. The lowest BCUT2D eigenvalue weighted by atomic mass is 9.71. The van der Waals surface area contributed by atoms with Crippen molar-refractivity contribution in [3.05, 3.63) is 60.7 Å². The lowest BCUT2D eigenvalue weighted by Gasteiger charge is -2.49. The number of H-pyrrole nitrogens is 1. The van der Waals surface area contributed by atoms with Gasteiger partial charge in [-0.25, -0.2) is 14.6 Å². The van der Waals surface area contributed by atoms with Gasteiger partial charge >= 0.3 is 0 Å². The topological polar surface area (TPSA) is 86.1 Å². The molecule has 2 aromatic heterocycles. The van der Waals surface area contributed by atoms with E-state index in [4.69, 9.17) is 0 Å². The fourth-order valence-corrected chi connectivity index (χ4v) is 5.08. The molecular formula is C22H29N7O. The van der Waals surface area contributed by atoms with E-state index in [1.54, 1.807) is 17.3 Å². The summed E-state index contributed by atoms with van der Waals surface area (Å²) in [6.07, 6.45) is 9.89. The minimum Gasteiger partial charge on any atom is -0.392 e. The summed E-state index contributed by atoms with van der Waals surface area (Å²) in [7, 11) is 0. The maximum atomic E-state index is 10.6. The Labute approximate surface area is 176 Å². The second kappa shape index (κ2) is 8.29. The van der Waals surface area contributed by atoms with Gasteiger partial charge in [0.2, 0.25) is 0 Å². The van der Waals surface area contributed by atoms with E-state index in [0.29, 0.717) is 0 Å². The molecule has 1 spiro atoms. The van der Waals surface area contributed by atoms with Gasteiger partial charge in [-0.05, 0) is 55.5 Å². The molecule has 8 heteroatoms. The summed E-state index contributed by atoms with van der Waals surface area (Å²) in [6.45, 7) is 5.69. The van der Waals surface area contributed by atoms with Gasteiger partial charge in [-0.2, -0.15) is 5.10 Å². The molecule has 5 rings (SSSR count). The largest absolute Gasteiger partial charge is 0.392 e. The zero-order chi connectivity index (χ0) is 20.4. The molecule has 0 aliphatic carbocycles. The number of aliphatic hydroxyl groups excluding tert-OH is 1. The van der Waals surface area contributed by atoms with E-state index in [0.717, 1.165) is 70.0 Å². The molecule has 1 atom stereocenters. The lowest BCUT2D eigenvalue weighted by molar-refractivity contribution is -0.0449. The Morgan fingerprint density at radius 1 is 1.10 bits per heavy atom. The lowest BCUT2D eigenvalue weighted by Crippen LogP contribution is -2.53. The summed E-state index contributed by atoms with van der Waals surface area (Å²) in [5.41, 5.74) is 2.49. The van der Waals surface area contributed by atoms with E-state index >= 15 is 0 Å². The molecule has 3 aromatic rings. The van der Waals surface area contributed by atoms with Crippen LogP contribution in [0.3, 0.4) is 0 Å². The first-order valence-corrected chi connectivity index (χ1v) is 10.7. The Hall–Kier alpha value is -2.55. The van der Waals surface area contributed by atoms with Crippen molar-refractivity contribution in [2.45, 2.75) is 38.5 Å². The summed E-state index contributed by atoms with van der Waals surface area (Å²) in [5.74, 6) is 1.03. The number of nitrogens with zero attached hydrogens (tertiary/aromatic N) is 6. The fourth-order valence-electron chi connectivity index (χ4n) is 5.08. The maximum absolute atomic E-state index is 10.6. The van der Waals surface area contributed by atoms with Gasteiger partial charge in [0.15, 0.2) is 0 Å². The maximum Gasteiger partial charge on any atom is 0.138 e. The van der Waals surface area contributed by atoms with E-state index in [1.165, 1.54) is 5.56 Å². The minimum absolute atomic E-state index is 0.220. The molecule has 2 aliphatic rings. The summed E-state index contributed by atoms with van der Waals surface area (Å²) in [5, 5.41) is 14.8. The molecule has 0 amide bonds. The average molecular weight is 408 g/mol. The molecule has 4 heterocycles. The van der Waals surface area contributed by atoms with Gasteiger partial charge in [0, 0.05) is 32.0 Å². The number of β-amino-alcohol motifs (C(OH)–C–C–N with tert-alkyl or cyclic N) is 1. The van der Waals surface area contributed by atoms with Crippen molar-refractivity contribution in [1.82, 2.24) is 34.5 Å². The number of aromatic amines is 1. The molecule has 8 nitrogen and oxygen atoms in total. The van der Waals surface area contributed by atoms with Crippen LogP contribution in [-0.4, -0.2) is 71.9 Å². The van der Waals surface area contributed by atoms with Crippen molar-refractivity contribution < 1.29 is 5.11 Å². The minimum atomic E-state index is -0.246. The number of aromatic nitrogens is 5. The number of imidazole rings is 1. The molecule has 1 unspecified atom stereocenters. The van der Waals surface area contributed by atoms with E-state index in [9.17, 15) is 5.11 Å². The first kappa shape index (κ1) is 19.4. The Bertz CT molecular complexity index is 915. The molecule has 0 radical (unpaired) electrons. The third-order valence-electron chi connectivity index (χ3n) is 6.57. The van der Waals surface area contributed by atoms with Crippen molar-refractivity contribution in [1.29, 1.82) is 0 Å². The van der Waals surface area contributed by atoms with Gasteiger partial charge < -0.3 is 10.1 Å². The fraction of sp³-hybridized carbons (Fsp3) is 0.500. The summed E-state index contributed by atoms with van der Waals surface area (Å²) >= 11 is 0. The monoisotopic (exact) mass is 407 g/mol. The number of aliphatic hydroxyl groups is 1. The van der Waals surface area contributed by atoms with E-state index in [2.05, 4.69) is 54.1 Å². The Balaban J connectivity index is 1.20. The number of nitrogens with one attached hydrogen (secondary N) is 1. The molecule has 30 heavy (non-hydrogen) atoms. The third kappa shape index (κ3) is 4.30. The van der Waals surface area contributed by atoms with Crippen molar-refractivity contribution >= 4 is 0 Å². The van der Waals surface area contributed by atoms with Gasteiger partial charge in [-0.3, -0.25) is 9.80 Å². The van der Waals surface area contributed by atoms with Crippen LogP contribution in [0.2, 0.25) is 0 Å². The predicted octanol–water partition coefficient (Wildman–Crippen LogP) is 1.84. The Morgan fingerprint density at radius 3 is 2.63 bits per heavy atom. The van der Waals surface area contributed by atoms with E-state index in [1.807, 2.05) is 12.4 Å². The number of hydrogen-bond donors (Lipinski definition) is 2. The molecule has 158 valence electrons. The molecule has 0 bridgehead atoms. The number of hydrogen-bond acceptors (Lipinski definition) is 6. The summed E-state index contributed by atoms with van der Waals surface area (Å²) in [6, 6.07) is 8.45. The van der Waals surface area contributed by atoms with Crippen LogP contribution in [-0.2, 0) is 13.1 Å². The van der Waals surface area contributed by atoms with Crippen molar-refractivity contribution in [2.75, 3.05) is 26.2 Å². The third-order valence-corrected chi connectivity index (χ3v) is 6.57. The summed E-state index contributed by atoms with van der Waals surface area (Å²) in [4.78, 5) is 16.5. The van der Waals surface area contributed by atoms with Crippen LogP contribution in [0.5, 0.6) is 0 Å². The highest BCUT2D eigenvalue weighted by Gasteiger charge is 2.41. The predicted molar refractivity (Wildman–Crippen MR) is 113 cm³/mol. The second-order valence-corrected chi connectivity index (χ2v) is 8.85. The Kier molecular flexibility index (Phi) is 5.37. The highest BCUT2D eigenvalue weighted by atomic mass is 16.3. The van der Waals surface area contributed by atoms with E-state index in [-0.39, 0.29) is 11.5 Å². The van der Waals surface area contributed by atoms with Crippen molar-refractivity contribution in [2.24, 2.45) is 5.41 Å². The van der Waals surface area contributed by atoms with Gasteiger partial charge in [0.05, 0.1) is 18.3 Å². The van der Waals surface area contributed by atoms with Crippen LogP contribution < -0.4 is 0 Å².